The average Bonchev–Trinajstić information content (AvgIpc) is 2.94. The predicted molar refractivity (Wildman–Crippen MR) is 151 cm³/mol. The fourth-order valence-corrected chi connectivity index (χ4v) is 5.07. The summed E-state index contributed by atoms with van der Waals surface area (Å²) in [4.78, 5) is 28.6. The summed E-state index contributed by atoms with van der Waals surface area (Å²) in [5, 5.41) is 0.667. The molecule has 0 N–H and O–H groups in total. The molecule has 7 heteroatoms. The van der Waals surface area contributed by atoms with Gasteiger partial charge in [0.05, 0.1) is 14.2 Å². The van der Waals surface area contributed by atoms with Crippen molar-refractivity contribution < 1.29 is 23.4 Å². The Morgan fingerprint density at radius 2 is 1.74 bits per heavy atom. The summed E-state index contributed by atoms with van der Waals surface area (Å²) < 4.78 is 23.1. The Morgan fingerprint density at radius 3 is 2.46 bits per heavy atom. The first-order valence-corrected chi connectivity index (χ1v) is 13.1. The first-order valence-electron chi connectivity index (χ1n) is 13.1. The second-order valence-corrected chi connectivity index (χ2v) is 10.1. The number of rotatable bonds is 8. The van der Waals surface area contributed by atoms with Crippen LogP contribution < -0.4 is 19.8 Å². The van der Waals surface area contributed by atoms with Gasteiger partial charge in [-0.15, -0.1) is 0 Å². The largest absolute Gasteiger partial charge is 0.496 e. The lowest BCUT2D eigenvalue weighted by Crippen LogP contribution is -2.35. The van der Waals surface area contributed by atoms with Crippen molar-refractivity contribution in [3.8, 4) is 28.4 Å². The molecule has 0 spiro atoms. The number of ketones is 1. The lowest BCUT2D eigenvalue weighted by molar-refractivity contribution is 0.0992. The monoisotopic (exact) mass is 527 g/mol. The van der Waals surface area contributed by atoms with Crippen LogP contribution in [0.25, 0.3) is 22.1 Å². The van der Waals surface area contributed by atoms with Gasteiger partial charge in [-0.1, -0.05) is 29.8 Å². The minimum absolute atomic E-state index is 0.0744. The van der Waals surface area contributed by atoms with Crippen molar-refractivity contribution in [2.75, 3.05) is 34.4 Å². The van der Waals surface area contributed by atoms with Crippen LogP contribution >= 0.6 is 0 Å². The lowest BCUT2D eigenvalue weighted by atomic mass is 9.97. The van der Waals surface area contributed by atoms with E-state index in [4.69, 9.17) is 18.6 Å². The molecule has 1 aromatic heterocycles. The van der Waals surface area contributed by atoms with Crippen molar-refractivity contribution in [2.45, 2.75) is 32.3 Å². The number of nitrogens with zero attached hydrogens (tertiary/aromatic N) is 1. The van der Waals surface area contributed by atoms with E-state index in [9.17, 15) is 9.59 Å². The number of carbonyl (C=O) groups is 1. The summed E-state index contributed by atoms with van der Waals surface area (Å²) >= 11 is 0. The van der Waals surface area contributed by atoms with Crippen LogP contribution in [0, 0.1) is 6.92 Å². The normalized spacial score (nSPS) is 14.4. The maximum Gasteiger partial charge on any atom is 0.340 e. The number of piperidine rings is 1. The molecule has 0 unspecified atom stereocenters. The number of methoxy groups -OCH3 is 2. The predicted octanol–water partition coefficient (Wildman–Crippen LogP) is 5.68. The third kappa shape index (κ3) is 5.68. The fraction of sp³-hybridized carbons (Fsp3) is 0.312. The maximum absolute atomic E-state index is 13.3. The molecule has 0 atom stereocenters. The Morgan fingerprint density at radius 1 is 0.974 bits per heavy atom. The highest BCUT2D eigenvalue weighted by Gasteiger charge is 2.22. The van der Waals surface area contributed by atoms with Gasteiger partial charge in [0, 0.05) is 41.6 Å². The molecule has 0 radical (unpaired) electrons. The van der Waals surface area contributed by atoms with E-state index in [2.05, 4.69) is 11.9 Å². The van der Waals surface area contributed by atoms with Crippen molar-refractivity contribution in [3.63, 3.8) is 0 Å². The van der Waals surface area contributed by atoms with Gasteiger partial charge in [-0.05, 0) is 68.8 Å². The summed E-state index contributed by atoms with van der Waals surface area (Å²) in [7, 11) is 5.24. The van der Waals surface area contributed by atoms with Crippen LogP contribution in [-0.4, -0.2) is 51.1 Å². The molecule has 1 fully saturated rings. The molecule has 202 valence electrons. The maximum atomic E-state index is 13.3. The molecule has 1 aliphatic rings. The molecule has 0 aliphatic carbocycles. The molecule has 0 amide bonds. The Hall–Kier alpha value is -4.10. The van der Waals surface area contributed by atoms with Crippen LogP contribution in [-0.2, 0) is 6.42 Å². The number of benzene rings is 3. The molecular weight excluding hydrogens is 494 g/mol. The standard InChI is InChI=1S/C32H33NO6/c1-20-6-5-7-21(16-20)26-18-22(8-10-28(26)36-3)27(34)19-24-17-23-9-11-29(31(37-4)30(23)39-32(24)35)38-25-12-14-33(2)15-13-25/h5-11,16-18,25H,12-15,19H2,1-4H3. The highest BCUT2D eigenvalue weighted by atomic mass is 16.5. The van der Waals surface area contributed by atoms with Gasteiger partial charge < -0.3 is 23.5 Å². The molecular formula is C32H33NO6. The number of hydrogen-bond donors (Lipinski definition) is 0. The number of hydrogen-bond acceptors (Lipinski definition) is 7. The molecule has 7 nitrogen and oxygen atoms in total. The highest BCUT2D eigenvalue weighted by molar-refractivity contribution is 5.99. The molecule has 0 bridgehead atoms. The minimum Gasteiger partial charge on any atom is -0.496 e. The van der Waals surface area contributed by atoms with E-state index in [0.29, 0.717) is 33.8 Å². The first-order chi connectivity index (χ1) is 18.9. The van der Waals surface area contributed by atoms with Crippen LogP contribution in [0.2, 0.25) is 0 Å². The topological polar surface area (TPSA) is 78.2 Å². The molecule has 4 aromatic rings. The third-order valence-electron chi connectivity index (χ3n) is 7.26. The van der Waals surface area contributed by atoms with E-state index in [-0.39, 0.29) is 23.9 Å². The SMILES string of the molecule is COc1ccc(C(=O)Cc2cc3ccc(OC4CCN(C)CC4)c(OC)c3oc2=O)cc1-c1cccc(C)c1. The van der Waals surface area contributed by atoms with E-state index in [1.807, 2.05) is 49.4 Å². The summed E-state index contributed by atoms with van der Waals surface area (Å²) in [6, 6.07) is 18.7. The third-order valence-corrected chi connectivity index (χ3v) is 7.26. The van der Waals surface area contributed by atoms with Crippen molar-refractivity contribution in [1.82, 2.24) is 4.90 Å². The summed E-state index contributed by atoms with van der Waals surface area (Å²) in [5.41, 5.74) is 3.40. The van der Waals surface area contributed by atoms with Gasteiger partial charge in [-0.25, -0.2) is 4.79 Å². The first kappa shape index (κ1) is 26.5. The van der Waals surface area contributed by atoms with Crippen molar-refractivity contribution in [2.24, 2.45) is 0 Å². The van der Waals surface area contributed by atoms with Crippen LogP contribution in [0.4, 0.5) is 0 Å². The zero-order valence-corrected chi connectivity index (χ0v) is 22.8. The van der Waals surface area contributed by atoms with E-state index >= 15 is 0 Å². The zero-order valence-electron chi connectivity index (χ0n) is 22.8. The molecule has 1 aliphatic heterocycles. The fourth-order valence-electron chi connectivity index (χ4n) is 5.07. The van der Waals surface area contributed by atoms with Gasteiger partial charge in [-0.2, -0.15) is 0 Å². The Balaban J connectivity index is 1.42. The van der Waals surface area contributed by atoms with Crippen molar-refractivity contribution >= 4 is 16.8 Å². The number of carbonyl (C=O) groups excluding carboxylic acids is 1. The van der Waals surface area contributed by atoms with Crippen LogP contribution in [0.1, 0.15) is 34.3 Å². The zero-order chi connectivity index (χ0) is 27.5. The van der Waals surface area contributed by atoms with E-state index in [0.717, 1.165) is 42.6 Å². The molecule has 0 saturated carbocycles. The Bertz CT molecular complexity index is 1570. The van der Waals surface area contributed by atoms with Gasteiger partial charge in [0.1, 0.15) is 11.9 Å². The van der Waals surface area contributed by atoms with Gasteiger partial charge in [-0.3, -0.25) is 4.79 Å². The Kier molecular flexibility index (Phi) is 7.70. The Labute approximate surface area is 227 Å². The second kappa shape index (κ2) is 11.3. The van der Waals surface area contributed by atoms with Gasteiger partial charge in [0.15, 0.2) is 17.1 Å². The van der Waals surface area contributed by atoms with E-state index in [1.165, 1.54) is 7.11 Å². The average molecular weight is 528 g/mol. The van der Waals surface area contributed by atoms with Crippen molar-refractivity contribution in [1.29, 1.82) is 0 Å². The molecule has 2 heterocycles. The molecule has 5 rings (SSSR count). The number of Topliss-reactive ketones (excluding diaryl/α,β-unsaturated/α-hetero) is 1. The highest BCUT2D eigenvalue weighted by Crippen LogP contribution is 2.37. The number of aryl methyl sites for hydroxylation is 1. The van der Waals surface area contributed by atoms with Gasteiger partial charge >= 0.3 is 5.63 Å². The van der Waals surface area contributed by atoms with Crippen LogP contribution in [0.5, 0.6) is 17.2 Å². The number of fused-ring (bicyclic) bond motifs is 1. The molecule has 39 heavy (non-hydrogen) atoms. The van der Waals surface area contributed by atoms with Crippen molar-refractivity contribution in [3.05, 3.63) is 87.8 Å². The molecule has 1 saturated heterocycles. The second-order valence-electron chi connectivity index (χ2n) is 10.1. The van der Waals surface area contributed by atoms with Crippen LogP contribution in [0.15, 0.2) is 69.9 Å². The number of ether oxygens (including phenoxy) is 3. The lowest BCUT2D eigenvalue weighted by Gasteiger charge is -2.29. The van der Waals surface area contributed by atoms with E-state index in [1.54, 1.807) is 25.3 Å². The number of likely N-dealkylation sites (tertiary alicyclic amines) is 1. The molecule has 3 aromatic carbocycles. The minimum atomic E-state index is -0.571. The van der Waals surface area contributed by atoms with Gasteiger partial charge in [0.2, 0.25) is 5.75 Å². The quantitative estimate of drug-likeness (QED) is 0.215. The van der Waals surface area contributed by atoms with Gasteiger partial charge in [0.25, 0.3) is 0 Å². The smallest absolute Gasteiger partial charge is 0.340 e. The van der Waals surface area contributed by atoms with E-state index < -0.39 is 5.63 Å². The summed E-state index contributed by atoms with van der Waals surface area (Å²) in [6.45, 7) is 3.95. The van der Waals surface area contributed by atoms with Crippen LogP contribution in [0.3, 0.4) is 0 Å². The summed E-state index contributed by atoms with van der Waals surface area (Å²) in [5.74, 6) is 1.42. The summed E-state index contributed by atoms with van der Waals surface area (Å²) in [6.07, 6.45) is 1.82.